The summed E-state index contributed by atoms with van der Waals surface area (Å²) in [5.41, 5.74) is -0.524. The van der Waals surface area contributed by atoms with Crippen molar-refractivity contribution in [2.45, 2.75) is 53.1 Å². The highest BCUT2D eigenvalue weighted by atomic mass is 16.6. The molecule has 0 fully saturated rings. The van der Waals surface area contributed by atoms with Crippen LogP contribution < -0.4 is 5.32 Å². The number of hydrogen-bond donors (Lipinski definition) is 2. The van der Waals surface area contributed by atoms with Gasteiger partial charge < -0.3 is 15.2 Å². The van der Waals surface area contributed by atoms with Gasteiger partial charge in [-0.2, -0.15) is 0 Å². The van der Waals surface area contributed by atoms with Crippen molar-refractivity contribution in [1.82, 2.24) is 5.32 Å². The maximum Gasteiger partial charge on any atom is 0.407 e. The fourth-order valence-electron chi connectivity index (χ4n) is 1.15. The highest BCUT2D eigenvalue weighted by Gasteiger charge is 2.17. The summed E-state index contributed by atoms with van der Waals surface area (Å²) in [6, 6.07) is 0. The molecule has 0 heterocycles. The molecule has 96 valence electrons. The number of aliphatic hydroxyl groups excluding tert-OH is 1. The van der Waals surface area contributed by atoms with Gasteiger partial charge in [0.25, 0.3) is 0 Å². The fourth-order valence-corrected chi connectivity index (χ4v) is 1.15. The molecule has 0 aliphatic rings. The predicted octanol–water partition coefficient (Wildman–Crippen LogP) is 2.31. The third-order valence-corrected chi connectivity index (χ3v) is 2.13. The Morgan fingerprint density at radius 2 is 1.81 bits per heavy atom. The van der Waals surface area contributed by atoms with Crippen LogP contribution in [0.4, 0.5) is 4.79 Å². The summed E-state index contributed by atoms with van der Waals surface area (Å²) >= 11 is 0. The van der Waals surface area contributed by atoms with Crippen LogP contribution in [0, 0.1) is 5.41 Å². The normalized spacial score (nSPS) is 12.4. The smallest absolute Gasteiger partial charge is 0.407 e. The van der Waals surface area contributed by atoms with Crippen molar-refractivity contribution in [3.05, 3.63) is 0 Å². The number of amides is 1. The van der Waals surface area contributed by atoms with Gasteiger partial charge in [-0.1, -0.05) is 13.8 Å². The van der Waals surface area contributed by atoms with Crippen molar-refractivity contribution >= 4 is 6.09 Å². The minimum atomic E-state index is -0.450. The van der Waals surface area contributed by atoms with Crippen molar-refractivity contribution in [2.75, 3.05) is 13.2 Å². The molecule has 0 aromatic heterocycles. The van der Waals surface area contributed by atoms with Gasteiger partial charge in [-0.15, -0.1) is 0 Å². The first-order chi connectivity index (χ1) is 7.16. The van der Waals surface area contributed by atoms with E-state index in [4.69, 9.17) is 9.84 Å². The van der Waals surface area contributed by atoms with E-state index >= 15 is 0 Å². The summed E-state index contributed by atoms with van der Waals surface area (Å²) in [6.07, 6.45) is 1.33. The summed E-state index contributed by atoms with van der Waals surface area (Å²) in [4.78, 5) is 11.3. The molecule has 0 aliphatic carbocycles. The summed E-state index contributed by atoms with van der Waals surface area (Å²) in [6.45, 7) is 10.3. The second kappa shape index (κ2) is 6.09. The van der Waals surface area contributed by atoms with Crippen LogP contribution in [0.3, 0.4) is 0 Å². The lowest BCUT2D eigenvalue weighted by atomic mass is 9.89. The van der Waals surface area contributed by atoms with Crippen LogP contribution in [0.25, 0.3) is 0 Å². The Morgan fingerprint density at radius 1 is 1.25 bits per heavy atom. The van der Waals surface area contributed by atoms with E-state index in [-0.39, 0.29) is 18.1 Å². The third kappa shape index (κ3) is 8.53. The van der Waals surface area contributed by atoms with E-state index in [0.29, 0.717) is 6.54 Å². The van der Waals surface area contributed by atoms with E-state index < -0.39 is 5.60 Å². The molecule has 0 aromatic rings. The molecule has 0 aromatic carbocycles. The Morgan fingerprint density at radius 3 is 2.25 bits per heavy atom. The van der Waals surface area contributed by atoms with Crippen molar-refractivity contribution in [1.29, 1.82) is 0 Å². The number of rotatable bonds is 5. The van der Waals surface area contributed by atoms with Gasteiger partial charge in [-0.3, -0.25) is 0 Å². The van der Waals surface area contributed by atoms with Crippen molar-refractivity contribution < 1.29 is 14.6 Å². The van der Waals surface area contributed by atoms with E-state index in [1.165, 1.54) is 0 Å². The topological polar surface area (TPSA) is 58.6 Å². The second-order valence-corrected chi connectivity index (χ2v) is 5.85. The van der Waals surface area contributed by atoms with Gasteiger partial charge in [-0.05, 0) is 39.0 Å². The summed E-state index contributed by atoms with van der Waals surface area (Å²) in [5, 5.41) is 11.7. The Balaban J connectivity index is 3.64. The Hall–Kier alpha value is -0.770. The second-order valence-electron chi connectivity index (χ2n) is 5.85. The van der Waals surface area contributed by atoms with Gasteiger partial charge in [0.15, 0.2) is 0 Å². The molecule has 2 N–H and O–H groups in total. The molecule has 4 heteroatoms. The van der Waals surface area contributed by atoms with E-state index in [1.807, 2.05) is 34.6 Å². The summed E-state index contributed by atoms with van der Waals surface area (Å²) in [5.74, 6) is 0. The first kappa shape index (κ1) is 15.2. The molecular weight excluding hydrogens is 206 g/mol. The van der Waals surface area contributed by atoms with Crippen molar-refractivity contribution in [2.24, 2.45) is 5.41 Å². The average molecular weight is 231 g/mol. The maximum atomic E-state index is 11.3. The van der Waals surface area contributed by atoms with Gasteiger partial charge in [-0.25, -0.2) is 4.79 Å². The van der Waals surface area contributed by atoms with Gasteiger partial charge in [0.05, 0.1) is 0 Å². The SMILES string of the molecule is CC(C)(CO)CCCNC(=O)OC(C)(C)C. The molecule has 0 saturated carbocycles. The van der Waals surface area contributed by atoms with Crippen molar-refractivity contribution in [3.8, 4) is 0 Å². The number of alkyl carbamates (subject to hydrolysis) is 1. The number of aliphatic hydroxyl groups is 1. The van der Waals surface area contributed by atoms with Crippen LogP contribution in [0.2, 0.25) is 0 Å². The molecule has 0 unspecified atom stereocenters. The van der Waals surface area contributed by atoms with Gasteiger partial charge in [0.2, 0.25) is 0 Å². The van der Waals surface area contributed by atoms with E-state index in [0.717, 1.165) is 12.8 Å². The molecule has 0 saturated heterocycles. The minimum absolute atomic E-state index is 0.0738. The lowest BCUT2D eigenvalue weighted by molar-refractivity contribution is 0.0523. The van der Waals surface area contributed by atoms with Crippen LogP contribution in [0.15, 0.2) is 0 Å². The minimum Gasteiger partial charge on any atom is -0.444 e. The lowest BCUT2D eigenvalue weighted by Crippen LogP contribution is -2.33. The first-order valence-corrected chi connectivity index (χ1v) is 5.74. The summed E-state index contributed by atoms with van der Waals surface area (Å²) < 4.78 is 5.10. The average Bonchev–Trinajstić information content (AvgIpc) is 2.10. The Kier molecular flexibility index (Phi) is 5.79. The van der Waals surface area contributed by atoms with E-state index in [1.54, 1.807) is 0 Å². The van der Waals surface area contributed by atoms with Crippen LogP contribution >= 0.6 is 0 Å². The molecule has 0 spiro atoms. The van der Waals surface area contributed by atoms with E-state index in [9.17, 15) is 4.79 Å². The number of ether oxygens (including phenoxy) is 1. The van der Waals surface area contributed by atoms with Crippen LogP contribution in [0.5, 0.6) is 0 Å². The van der Waals surface area contributed by atoms with Crippen LogP contribution in [-0.2, 0) is 4.74 Å². The zero-order chi connectivity index (χ0) is 12.8. The highest BCUT2D eigenvalue weighted by molar-refractivity contribution is 5.67. The van der Waals surface area contributed by atoms with E-state index in [2.05, 4.69) is 5.32 Å². The summed E-state index contributed by atoms with van der Waals surface area (Å²) in [7, 11) is 0. The van der Waals surface area contributed by atoms with Gasteiger partial charge in [0, 0.05) is 13.2 Å². The van der Waals surface area contributed by atoms with Crippen molar-refractivity contribution in [3.63, 3.8) is 0 Å². The zero-order valence-electron chi connectivity index (χ0n) is 11.1. The first-order valence-electron chi connectivity index (χ1n) is 5.74. The molecule has 16 heavy (non-hydrogen) atoms. The number of carbonyl (C=O) groups is 1. The number of hydrogen-bond acceptors (Lipinski definition) is 3. The standard InChI is InChI=1S/C12H25NO3/c1-11(2,3)16-10(15)13-8-6-7-12(4,5)9-14/h14H,6-9H2,1-5H3,(H,13,15). The Labute approximate surface area is 98.4 Å². The monoisotopic (exact) mass is 231 g/mol. The molecule has 0 atom stereocenters. The van der Waals surface area contributed by atoms with Crippen LogP contribution in [-0.4, -0.2) is 30.0 Å². The molecule has 0 aliphatic heterocycles. The number of nitrogens with one attached hydrogen (secondary N) is 1. The molecule has 4 nitrogen and oxygen atoms in total. The number of carbonyl (C=O) groups excluding carboxylic acids is 1. The molecular formula is C12H25NO3. The molecule has 0 radical (unpaired) electrons. The molecule has 1 amide bonds. The highest BCUT2D eigenvalue weighted by Crippen LogP contribution is 2.20. The lowest BCUT2D eigenvalue weighted by Gasteiger charge is -2.22. The Bertz CT molecular complexity index is 219. The van der Waals surface area contributed by atoms with Gasteiger partial charge in [0.1, 0.15) is 5.60 Å². The molecule has 0 rings (SSSR count). The molecule has 0 bridgehead atoms. The zero-order valence-corrected chi connectivity index (χ0v) is 11.1. The van der Waals surface area contributed by atoms with Gasteiger partial charge >= 0.3 is 6.09 Å². The third-order valence-electron chi connectivity index (χ3n) is 2.13. The van der Waals surface area contributed by atoms with Crippen LogP contribution in [0.1, 0.15) is 47.5 Å². The fraction of sp³-hybridized carbons (Fsp3) is 0.917. The maximum absolute atomic E-state index is 11.3. The largest absolute Gasteiger partial charge is 0.444 e. The quantitative estimate of drug-likeness (QED) is 0.714. The predicted molar refractivity (Wildman–Crippen MR) is 64.3 cm³/mol.